The lowest BCUT2D eigenvalue weighted by Crippen LogP contribution is -2.13. The van der Waals surface area contributed by atoms with Crippen LogP contribution in [-0.4, -0.2) is 28.2 Å². The van der Waals surface area contributed by atoms with Gasteiger partial charge in [0, 0.05) is 11.8 Å². The molecule has 0 unspecified atom stereocenters. The summed E-state index contributed by atoms with van der Waals surface area (Å²) in [5.41, 5.74) is 1.96. The van der Waals surface area contributed by atoms with E-state index >= 15 is 0 Å². The topological polar surface area (TPSA) is 79.9 Å². The number of H-pyrrole nitrogens is 1. The van der Waals surface area contributed by atoms with Crippen molar-refractivity contribution in [3.8, 4) is 17.0 Å². The Labute approximate surface area is 127 Å². The van der Waals surface area contributed by atoms with E-state index in [2.05, 4.69) is 20.5 Å². The van der Waals surface area contributed by atoms with Crippen molar-refractivity contribution in [1.82, 2.24) is 15.2 Å². The van der Waals surface area contributed by atoms with Gasteiger partial charge < -0.3 is 10.1 Å². The number of nitrogens with one attached hydrogen (secondary N) is 2. The van der Waals surface area contributed by atoms with E-state index in [-0.39, 0.29) is 5.91 Å². The molecule has 0 aliphatic rings. The van der Waals surface area contributed by atoms with Crippen LogP contribution >= 0.6 is 0 Å². The van der Waals surface area contributed by atoms with Crippen molar-refractivity contribution in [1.29, 1.82) is 0 Å². The lowest BCUT2D eigenvalue weighted by atomic mass is 10.1. The molecular formula is C16H14N4O2. The lowest BCUT2D eigenvalue weighted by molar-refractivity contribution is 0.102. The third-order valence-corrected chi connectivity index (χ3v) is 3.11. The first kappa shape index (κ1) is 13.8. The first-order valence-electron chi connectivity index (χ1n) is 6.68. The third kappa shape index (κ3) is 2.95. The van der Waals surface area contributed by atoms with Crippen LogP contribution in [-0.2, 0) is 0 Å². The number of amides is 1. The SMILES string of the molecule is COc1ccc(-c2cc(C(=O)Nc3ccccn3)[nH]n2)cc1. The zero-order chi connectivity index (χ0) is 15.4. The van der Waals surface area contributed by atoms with Crippen molar-refractivity contribution in [3.63, 3.8) is 0 Å². The number of nitrogens with zero attached hydrogens (tertiary/aromatic N) is 2. The number of pyridine rings is 1. The second-order valence-corrected chi connectivity index (χ2v) is 4.56. The molecule has 0 saturated heterocycles. The highest BCUT2D eigenvalue weighted by molar-refractivity contribution is 6.02. The fraction of sp³-hybridized carbons (Fsp3) is 0.0625. The molecule has 0 spiro atoms. The van der Waals surface area contributed by atoms with E-state index in [4.69, 9.17) is 4.74 Å². The Kier molecular flexibility index (Phi) is 3.82. The number of anilines is 1. The van der Waals surface area contributed by atoms with Gasteiger partial charge in [0.1, 0.15) is 17.3 Å². The number of carbonyl (C=O) groups excluding carboxylic acids is 1. The van der Waals surface area contributed by atoms with Crippen LogP contribution in [0.3, 0.4) is 0 Å². The van der Waals surface area contributed by atoms with E-state index in [0.717, 1.165) is 11.3 Å². The number of rotatable bonds is 4. The average Bonchev–Trinajstić information content (AvgIpc) is 3.06. The van der Waals surface area contributed by atoms with Gasteiger partial charge in [0.25, 0.3) is 5.91 Å². The lowest BCUT2D eigenvalue weighted by Gasteiger charge is -2.01. The number of ether oxygens (including phenoxy) is 1. The molecule has 3 rings (SSSR count). The van der Waals surface area contributed by atoms with E-state index in [0.29, 0.717) is 17.2 Å². The number of hydrogen-bond acceptors (Lipinski definition) is 4. The highest BCUT2D eigenvalue weighted by atomic mass is 16.5. The maximum Gasteiger partial charge on any atom is 0.274 e. The summed E-state index contributed by atoms with van der Waals surface area (Å²) in [5, 5.41) is 9.59. The van der Waals surface area contributed by atoms with Gasteiger partial charge in [-0.1, -0.05) is 6.07 Å². The molecule has 0 bridgehead atoms. The van der Waals surface area contributed by atoms with Crippen molar-refractivity contribution >= 4 is 11.7 Å². The largest absolute Gasteiger partial charge is 0.497 e. The van der Waals surface area contributed by atoms with Gasteiger partial charge >= 0.3 is 0 Å². The van der Waals surface area contributed by atoms with E-state index in [9.17, 15) is 4.79 Å². The summed E-state index contributed by atoms with van der Waals surface area (Å²) in [6.07, 6.45) is 1.62. The normalized spacial score (nSPS) is 10.2. The van der Waals surface area contributed by atoms with E-state index in [1.807, 2.05) is 24.3 Å². The van der Waals surface area contributed by atoms with Crippen molar-refractivity contribution in [2.75, 3.05) is 12.4 Å². The molecule has 2 heterocycles. The summed E-state index contributed by atoms with van der Waals surface area (Å²) in [6, 6.07) is 14.5. The van der Waals surface area contributed by atoms with Gasteiger partial charge in [-0.2, -0.15) is 5.10 Å². The summed E-state index contributed by atoms with van der Waals surface area (Å²) in [6.45, 7) is 0. The molecule has 0 atom stereocenters. The minimum absolute atomic E-state index is 0.286. The van der Waals surface area contributed by atoms with Gasteiger partial charge in [0.2, 0.25) is 0 Å². The summed E-state index contributed by atoms with van der Waals surface area (Å²) in [7, 11) is 1.61. The monoisotopic (exact) mass is 294 g/mol. The molecule has 6 heteroatoms. The van der Waals surface area contributed by atoms with Gasteiger partial charge in [0.15, 0.2) is 0 Å². The fourth-order valence-corrected chi connectivity index (χ4v) is 1.97. The Morgan fingerprint density at radius 1 is 1.18 bits per heavy atom. The third-order valence-electron chi connectivity index (χ3n) is 3.11. The molecule has 0 aliphatic heterocycles. The number of aromatic nitrogens is 3. The minimum Gasteiger partial charge on any atom is -0.497 e. The van der Waals surface area contributed by atoms with Crippen LogP contribution in [0.4, 0.5) is 5.82 Å². The second-order valence-electron chi connectivity index (χ2n) is 4.56. The molecule has 0 saturated carbocycles. The zero-order valence-electron chi connectivity index (χ0n) is 11.9. The molecule has 6 nitrogen and oxygen atoms in total. The van der Waals surface area contributed by atoms with Crippen LogP contribution in [0, 0.1) is 0 Å². The number of carbonyl (C=O) groups is 1. The van der Waals surface area contributed by atoms with Crippen molar-refractivity contribution in [3.05, 3.63) is 60.4 Å². The Bertz CT molecular complexity index is 766. The average molecular weight is 294 g/mol. The summed E-state index contributed by atoms with van der Waals surface area (Å²) < 4.78 is 5.12. The molecule has 1 aromatic carbocycles. The smallest absolute Gasteiger partial charge is 0.274 e. The summed E-state index contributed by atoms with van der Waals surface area (Å²) in [4.78, 5) is 16.2. The summed E-state index contributed by atoms with van der Waals surface area (Å²) in [5.74, 6) is 0.978. The first-order chi connectivity index (χ1) is 10.8. The van der Waals surface area contributed by atoms with Crippen molar-refractivity contribution in [2.45, 2.75) is 0 Å². The number of benzene rings is 1. The Morgan fingerprint density at radius 2 is 2.00 bits per heavy atom. The zero-order valence-corrected chi connectivity index (χ0v) is 11.9. The molecular weight excluding hydrogens is 280 g/mol. The van der Waals surface area contributed by atoms with Gasteiger partial charge in [-0.25, -0.2) is 4.98 Å². The van der Waals surface area contributed by atoms with Crippen LogP contribution in [0.1, 0.15) is 10.5 Å². The molecule has 1 amide bonds. The van der Waals surface area contributed by atoms with Crippen LogP contribution in [0.2, 0.25) is 0 Å². The van der Waals surface area contributed by atoms with E-state index < -0.39 is 0 Å². The molecule has 3 aromatic rings. The van der Waals surface area contributed by atoms with E-state index in [1.54, 1.807) is 37.6 Å². The molecule has 2 N–H and O–H groups in total. The molecule has 0 radical (unpaired) electrons. The molecule has 22 heavy (non-hydrogen) atoms. The standard InChI is InChI=1S/C16H14N4O2/c1-22-12-7-5-11(6-8-12)13-10-14(20-19-13)16(21)18-15-4-2-3-9-17-15/h2-10H,1H3,(H,19,20)(H,17,18,21). The van der Waals surface area contributed by atoms with Gasteiger partial charge in [-0.3, -0.25) is 9.89 Å². The molecule has 2 aromatic heterocycles. The maximum atomic E-state index is 12.1. The predicted molar refractivity (Wildman–Crippen MR) is 82.8 cm³/mol. The van der Waals surface area contributed by atoms with Crippen molar-refractivity contribution < 1.29 is 9.53 Å². The van der Waals surface area contributed by atoms with Crippen molar-refractivity contribution in [2.24, 2.45) is 0 Å². The van der Waals surface area contributed by atoms with Crippen LogP contribution in [0.15, 0.2) is 54.7 Å². The molecule has 0 aliphatic carbocycles. The fourth-order valence-electron chi connectivity index (χ4n) is 1.97. The van der Waals surface area contributed by atoms with Gasteiger partial charge in [0.05, 0.1) is 12.8 Å². The first-order valence-corrected chi connectivity index (χ1v) is 6.68. The Balaban J connectivity index is 1.76. The van der Waals surface area contributed by atoms with Crippen LogP contribution in [0.25, 0.3) is 11.3 Å². The quantitative estimate of drug-likeness (QED) is 0.775. The number of aromatic amines is 1. The summed E-state index contributed by atoms with van der Waals surface area (Å²) >= 11 is 0. The number of hydrogen-bond donors (Lipinski definition) is 2. The molecule has 110 valence electrons. The van der Waals surface area contributed by atoms with E-state index in [1.165, 1.54) is 0 Å². The molecule has 0 fully saturated rings. The van der Waals surface area contributed by atoms with Crippen LogP contribution < -0.4 is 10.1 Å². The van der Waals surface area contributed by atoms with Gasteiger partial charge in [-0.15, -0.1) is 0 Å². The Morgan fingerprint density at radius 3 is 2.68 bits per heavy atom. The number of methoxy groups -OCH3 is 1. The highest BCUT2D eigenvalue weighted by Crippen LogP contribution is 2.21. The van der Waals surface area contributed by atoms with Crippen LogP contribution in [0.5, 0.6) is 5.75 Å². The minimum atomic E-state index is -0.286. The maximum absolute atomic E-state index is 12.1. The highest BCUT2D eigenvalue weighted by Gasteiger charge is 2.11. The predicted octanol–water partition coefficient (Wildman–Crippen LogP) is 2.73. The Hall–Kier alpha value is -3.15. The second kappa shape index (κ2) is 6.09. The van der Waals surface area contributed by atoms with Gasteiger partial charge in [-0.05, 0) is 42.5 Å².